The number of thioether (sulfide) groups is 1. The Balaban J connectivity index is 1.71. The topological polar surface area (TPSA) is 18.5 Å². The normalized spacial score (nSPS) is 29.8. The second-order valence-electron chi connectivity index (χ2n) is 5.45. The monoisotopic (exact) mass is 420 g/mol. The van der Waals surface area contributed by atoms with E-state index in [1.165, 1.54) is 17.7 Å². The first-order valence-corrected chi connectivity index (χ1v) is 10.0. The van der Waals surface area contributed by atoms with Crippen LogP contribution < -0.4 is 4.74 Å². The van der Waals surface area contributed by atoms with Crippen molar-refractivity contribution in [3.05, 3.63) is 28.2 Å². The summed E-state index contributed by atoms with van der Waals surface area (Å²) in [7, 11) is 0. The molecule has 2 nitrogen and oxygen atoms in total. The Kier molecular flexibility index (Phi) is 5.01. The third-order valence-corrected chi connectivity index (χ3v) is 6.30. The van der Waals surface area contributed by atoms with Gasteiger partial charge in [0.15, 0.2) is 0 Å². The lowest BCUT2D eigenvalue weighted by molar-refractivity contribution is -0.0960. The van der Waals surface area contributed by atoms with Gasteiger partial charge in [-0.1, -0.05) is 31.9 Å². The van der Waals surface area contributed by atoms with Crippen LogP contribution in [0.1, 0.15) is 24.8 Å². The summed E-state index contributed by atoms with van der Waals surface area (Å²) < 4.78 is 13.4. The van der Waals surface area contributed by atoms with Crippen LogP contribution in [0.4, 0.5) is 0 Å². The molecule has 2 aliphatic rings. The number of halogens is 2. The highest BCUT2D eigenvalue weighted by atomic mass is 79.9. The molecule has 2 atom stereocenters. The zero-order valence-corrected chi connectivity index (χ0v) is 15.2. The Bertz CT molecular complexity index is 475. The van der Waals surface area contributed by atoms with E-state index in [9.17, 15) is 0 Å². The Labute approximate surface area is 141 Å². The van der Waals surface area contributed by atoms with Gasteiger partial charge in [0, 0.05) is 34.0 Å². The lowest BCUT2D eigenvalue weighted by Crippen LogP contribution is -2.43. The molecule has 0 bridgehead atoms. The highest BCUT2D eigenvalue weighted by Crippen LogP contribution is 2.39. The molecule has 20 heavy (non-hydrogen) atoms. The summed E-state index contributed by atoms with van der Waals surface area (Å²) in [6.07, 6.45) is 3.46. The second-order valence-corrected chi connectivity index (χ2v) is 8.03. The van der Waals surface area contributed by atoms with Crippen molar-refractivity contribution in [1.82, 2.24) is 0 Å². The minimum absolute atomic E-state index is 0.0809. The van der Waals surface area contributed by atoms with Crippen LogP contribution in [-0.2, 0) is 10.1 Å². The minimum Gasteiger partial charge on any atom is -0.490 e. The van der Waals surface area contributed by atoms with Crippen molar-refractivity contribution in [2.75, 3.05) is 18.1 Å². The summed E-state index contributed by atoms with van der Waals surface area (Å²) in [6.45, 7) is 0.825. The quantitative estimate of drug-likeness (QED) is 0.654. The molecule has 0 amide bonds. The SMILES string of the molecule is BrCc1cc(Br)ccc1OC1CCOC2(CCSC2)C1. The highest BCUT2D eigenvalue weighted by molar-refractivity contribution is 9.10. The van der Waals surface area contributed by atoms with Crippen molar-refractivity contribution in [3.8, 4) is 5.75 Å². The smallest absolute Gasteiger partial charge is 0.123 e. The fourth-order valence-corrected chi connectivity index (χ4v) is 5.12. The van der Waals surface area contributed by atoms with Gasteiger partial charge in [-0.15, -0.1) is 0 Å². The van der Waals surface area contributed by atoms with Crippen LogP contribution in [0.2, 0.25) is 0 Å². The molecule has 1 aromatic rings. The largest absolute Gasteiger partial charge is 0.490 e. The first-order chi connectivity index (χ1) is 9.71. The van der Waals surface area contributed by atoms with Gasteiger partial charge in [0.25, 0.3) is 0 Å². The van der Waals surface area contributed by atoms with Gasteiger partial charge in [-0.3, -0.25) is 0 Å². The van der Waals surface area contributed by atoms with E-state index in [0.29, 0.717) is 0 Å². The molecule has 110 valence electrons. The summed E-state index contributed by atoms with van der Waals surface area (Å²) in [4.78, 5) is 0. The number of benzene rings is 1. The average Bonchev–Trinajstić information content (AvgIpc) is 2.89. The third-order valence-electron chi connectivity index (χ3n) is 3.98. The fourth-order valence-electron chi connectivity index (χ4n) is 2.89. The third kappa shape index (κ3) is 3.37. The maximum atomic E-state index is 6.28. The van der Waals surface area contributed by atoms with E-state index in [0.717, 1.165) is 40.8 Å². The molecule has 0 radical (unpaired) electrons. The first kappa shape index (κ1) is 15.2. The van der Waals surface area contributed by atoms with Crippen molar-refractivity contribution in [2.45, 2.75) is 36.3 Å². The Morgan fingerprint density at radius 1 is 1.45 bits per heavy atom. The van der Waals surface area contributed by atoms with E-state index in [-0.39, 0.29) is 11.7 Å². The number of hydrogen-bond acceptors (Lipinski definition) is 3. The molecule has 2 heterocycles. The van der Waals surface area contributed by atoms with Gasteiger partial charge in [0.2, 0.25) is 0 Å². The Hall–Kier alpha value is 0.290. The molecule has 2 fully saturated rings. The van der Waals surface area contributed by atoms with Crippen LogP contribution in [0.25, 0.3) is 0 Å². The van der Waals surface area contributed by atoms with Gasteiger partial charge >= 0.3 is 0 Å². The van der Waals surface area contributed by atoms with E-state index < -0.39 is 0 Å². The zero-order valence-electron chi connectivity index (χ0n) is 11.2. The molecule has 0 aliphatic carbocycles. The maximum absolute atomic E-state index is 6.28. The van der Waals surface area contributed by atoms with Gasteiger partial charge in [0.05, 0.1) is 12.2 Å². The van der Waals surface area contributed by atoms with Crippen LogP contribution >= 0.6 is 43.6 Å². The van der Waals surface area contributed by atoms with Crippen molar-refractivity contribution in [1.29, 1.82) is 0 Å². The van der Waals surface area contributed by atoms with Gasteiger partial charge < -0.3 is 9.47 Å². The number of rotatable bonds is 3. The molecule has 2 unspecified atom stereocenters. The van der Waals surface area contributed by atoms with Crippen LogP contribution in [-0.4, -0.2) is 29.8 Å². The molecule has 0 aromatic heterocycles. The van der Waals surface area contributed by atoms with Crippen LogP contribution in [0.3, 0.4) is 0 Å². The Morgan fingerprint density at radius 3 is 3.10 bits per heavy atom. The van der Waals surface area contributed by atoms with E-state index in [4.69, 9.17) is 9.47 Å². The summed E-state index contributed by atoms with van der Waals surface area (Å²) in [5, 5.41) is 0.811. The molecular weight excluding hydrogens is 404 g/mol. The summed E-state index contributed by atoms with van der Waals surface area (Å²) in [6, 6.07) is 6.22. The van der Waals surface area contributed by atoms with Crippen molar-refractivity contribution < 1.29 is 9.47 Å². The molecule has 3 rings (SSSR count). The van der Waals surface area contributed by atoms with E-state index in [2.05, 4.69) is 44.0 Å². The molecule has 1 spiro atoms. The van der Waals surface area contributed by atoms with Crippen LogP contribution in [0.15, 0.2) is 22.7 Å². The van der Waals surface area contributed by atoms with E-state index in [1.807, 2.05) is 17.8 Å². The van der Waals surface area contributed by atoms with E-state index in [1.54, 1.807) is 0 Å². The molecule has 1 aromatic carbocycles. The van der Waals surface area contributed by atoms with Crippen molar-refractivity contribution in [2.24, 2.45) is 0 Å². The summed E-state index contributed by atoms with van der Waals surface area (Å²) in [5.41, 5.74) is 1.28. The molecule has 0 N–H and O–H groups in total. The summed E-state index contributed by atoms with van der Waals surface area (Å²) in [5.74, 6) is 3.34. The molecule has 0 saturated carbocycles. The number of alkyl halides is 1. The molecular formula is C15H18Br2O2S. The molecule has 2 saturated heterocycles. The van der Waals surface area contributed by atoms with Crippen molar-refractivity contribution in [3.63, 3.8) is 0 Å². The first-order valence-electron chi connectivity index (χ1n) is 6.93. The summed E-state index contributed by atoms with van der Waals surface area (Å²) >= 11 is 9.05. The van der Waals surface area contributed by atoms with Gasteiger partial charge in [-0.2, -0.15) is 11.8 Å². The highest BCUT2D eigenvalue weighted by Gasteiger charge is 2.41. The minimum atomic E-state index is 0.0809. The van der Waals surface area contributed by atoms with Crippen LogP contribution in [0.5, 0.6) is 5.75 Å². The lowest BCUT2D eigenvalue weighted by Gasteiger charge is -2.37. The maximum Gasteiger partial charge on any atom is 0.123 e. The van der Waals surface area contributed by atoms with Gasteiger partial charge in [-0.05, 0) is 30.4 Å². The number of ether oxygens (including phenoxy) is 2. The predicted octanol–water partition coefficient (Wildman–Crippen LogP) is 4.78. The van der Waals surface area contributed by atoms with Gasteiger partial charge in [-0.25, -0.2) is 0 Å². The number of hydrogen-bond donors (Lipinski definition) is 0. The standard InChI is InChI=1S/C15H18Br2O2S/c16-9-11-7-12(17)1-2-14(11)19-13-3-5-18-15(8-13)4-6-20-10-15/h1-2,7,13H,3-6,8-10H2. The Morgan fingerprint density at radius 2 is 2.35 bits per heavy atom. The average molecular weight is 422 g/mol. The fraction of sp³-hybridized carbons (Fsp3) is 0.600. The van der Waals surface area contributed by atoms with Crippen LogP contribution in [0, 0.1) is 0 Å². The lowest BCUT2D eigenvalue weighted by atomic mass is 9.91. The predicted molar refractivity (Wildman–Crippen MR) is 91.0 cm³/mol. The van der Waals surface area contributed by atoms with Gasteiger partial charge in [0.1, 0.15) is 11.9 Å². The zero-order chi connectivity index (χ0) is 14.0. The molecule has 5 heteroatoms. The molecule has 2 aliphatic heterocycles. The second kappa shape index (κ2) is 6.59. The van der Waals surface area contributed by atoms with Crippen molar-refractivity contribution >= 4 is 43.6 Å². The van der Waals surface area contributed by atoms with E-state index >= 15 is 0 Å².